The number of hydrogen-bond acceptors (Lipinski definition) is 5. The normalized spacial score (nSPS) is 14.0. The lowest BCUT2D eigenvalue weighted by molar-refractivity contribution is 0.0791. The van der Waals surface area contributed by atoms with Gasteiger partial charge in [-0.05, 0) is 44.9 Å². The first-order valence-electron chi connectivity index (χ1n) is 8.10. The zero-order chi connectivity index (χ0) is 18.0. The van der Waals surface area contributed by atoms with Gasteiger partial charge in [-0.15, -0.1) is 0 Å². The van der Waals surface area contributed by atoms with Crippen molar-refractivity contribution < 1.29 is 14.7 Å². The van der Waals surface area contributed by atoms with Gasteiger partial charge in [-0.25, -0.2) is 0 Å². The Morgan fingerprint density at radius 1 is 1.20 bits per heavy atom. The summed E-state index contributed by atoms with van der Waals surface area (Å²) in [5.41, 5.74) is 0.353. The standard InChI is InChI=1S/C18H20N4O3/c1-18(2,25)13-6-7-19-10-15(13)22-16(23)11-5-8-20-14(9-11)17(24)21-12-3-4-12/h5-10,12,25H,3-4H2,1-2H3,(H,21,24)(H,22,23). The monoisotopic (exact) mass is 340 g/mol. The number of anilines is 1. The molecule has 7 nitrogen and oxygen atoms in total. The molecule has 0 aliphatic heterocycles. The Bertz CT molecular complexity index is 810. The van der Waals surface area contributed by atoms with Gasteiger partial charge >= 0.3 is 0 Å². The van der Waals surface area contributed by atoms with Gasteiger partial charge in [0.15, 0.2) is 0 Å². The van der Waals surface area contributed by atoms with E-state index in [0.29, 0.717) is 16.8 Å². The highest BCUT2D eigenvalue weighted by Gasteiger charge is 2.25. The van der Waals surface area contributed by atoms with Crippen molar-refractivity contribution in [3.8, 4) is 0 Å². The van der Waals surface area contributed by atoms with E-state index in [2.05, 4.69) is 20.6 Å². The fraction of sp³-hybridized carbons (Fsp3) is 0.333. The minimum atomic E-state index is -1.13. The van der Waals surface area contributed by atoms with Crippen LogP contribution in [0.1, 0.15) is 53.1 Å². The molecule has 3 N–H and O–H groups in total. The third kappa shape index (κ3) is 4.19. The Hall–Kier alpha value is -2.80. The molecule has 0 atom stereocenters. The maximum atomic E-state index is 12.5. The molecule has 1 fully saturated rings. The minimum Gasteiger partial charge on any atom is -0.386 e. The van der Waals surface area contributed by atoms with E-state index >= 15 is 0 Å². The fourth-order valence-corrected chi connectivity index (χ4v) is 2.41. The summed E-state index contributed by atoms with van der Waals surface area (Å²) in [6.45, 7) is 3.26. The van der Waals surface area contributed by atoms with Crippen molar-refractivity contribution in [3.63, 3.8) is 0 Å². The van der Waals surface area contributed by atoms with Crippen molar-refractivity contribution in [2.75, 3.05) is 5.32 Å². The van der Waals surface area contributed by atoms with Crippen molar-refractivity contribution in [2.24, 2.45) is 0 Å². The summed E-state index contributed by atoms with van der Waals surface area (Å²) in [5, 5.41) is 15.8. The van der Waals surface area contributed by atoms with Gasteiger partial charge in [0.1, 0.15) is 5.69 Å². The lowest BCUT2D eigenvalue weighted by Gasteiger charge is -2.21. The summed E-state index contributed by atoms with van der Waals surface area (Å²) in [6, 6.07) is 4.85. The van der Waals surface area contributed by atoms with Crippen LogP contribution >= 0.6 is 0 Å². The Kier molecular flexibility index (Phi) is 4.50. The smallest absolute Gasteiger partial charge is 0.270 e. The number of rotatable bonds is 5. The van der Waals surface area contributed by atoms with Crippen LogP contribution in [0, 0.1) is 0 Å². The number of carbonyl (C=O) groups is 2. The molecule has 1 aliphatic carbocycles. The number of nitrogens with zero attached hydrogens (tertiary/aromatic N) is 2. The SMILES string of the molecule is CC(C)(O)c1ccncc1NC(=O)c1ccnc(C(=O)NC2CC2)c1. The lowest BCUT2D eigenvalue weighted by Crippen LogP contribution is -2.27. The van der Waals surface area contributed by atoms with Crippen molar-refractivity contribution >= 4 is 17.5 Å². The Morgan fingerprint density at radius 3 is 2.64 bits per heavy atom. The first-order valence-corrected chi connectivity index (χ1v) is 8.10. The summed E-state index contributed by atoms with van der Waals surface area (Å²) in [7, 11) is 0. The third-order valence-electron chi connectivity index (χ3n) is 3.90. The van der Waals surface area contributed by atoms with Crippen LogP contribution in [0.5, 0.6) is 0 Å². The van der Waals surface area contributed by atoms with Gasteiger partial charge in [-0.2, -0.15) is 0 Å². The van der Waals surface area contributed by atoms with Crippen molar-refractivity contribution in [2.45, 2.75) is 38.3 Å². The van der Waals surface area contributed by atoms with Gasteiger partial charge in [-0.1, -0.05) is 0 Å². The number of hydrogen-bond donors (Lipinski definition) is 3. The number of carbonyl (C=O) groups excluding carboxylic acids is 2. The molecule has 3 rings (SSSR count). The molecule has 2 heterocycles. The molecule has 0 aromatic carbocycles. The van der Waals surface area contributed by atoms with Crippen LogP contribution in [-0.4, -0.2) is 32.9 Å². The molecule has 1 saturated carbocycles. The Morgan fingerprint density at radius 2 is 1.96 bits per heavy atom. The highest BCUT2D eigenvalue weighted by Crippen LogP contribution is 2.27. The molecule has 2 aromatic heterocycles. The molecule has 0 spiro atoms. The number of nitrogens with one attached hydrogen (secondary N) is 2. The number of aliphatic hydroxyl groups is 1. The number of aromatic nitrogens is 2. The average Bonchev–Trinajstić information content (AvgIpc) is 3.38. The molecule has 0 bridgehead atoms. The van der Waals surface area contributed by atoms with Crippen molar-refractivity contribution in [1.82, 2.24) is 15.3 Å². The first kappa shape index (κ1) is 17.0. The van der Waals surface area contributed by atoms with Crippen LogP contribution < -0.4 is 10.6 Å². The Balaban J connectivity index is 1.79. The summed E-state index contributed by atoms with van der Waals surface area (Å²) >= 11 is 0. The van der Waals surface area contributed by atoms with E-state index in [1.807, 2.05) is 0 Å². The van der Waals surface area contributed by atoms with Crippen molar-refractivity contribution in [1.29, 1.82) is 0 Å². The zero-order valence-electron chi connectivity index (χ0n) is 14.1. The molecular formula is C18H20N4O3. The van der Waals surface area contributed by atoms with E-state index in [1.165, 1.54) is 24.5 Å². The molecule has 7 heteroatoms. The van der Waals surface area contributed by atoms with Gasteiger partial charge in [0.05, 0.1) is 17.5 Å². The van der Waals surface area contributed by atoms with Gasteiger partial charge in [0, 0.05) is 29.6 Å². The molecule has 0 saturated heterocycles. The third-order valence-corrected chi connectivity index (χ3v) is 3.90. The van der Waals surface area contributed by atoms with E-state index < -0.39 is 11.5 Å². The van der Waals surface area contributed by atoms with Gasteiger partial charge in [0.2, 0.25) is 0 Å². The maximum Gasteiger partial charge on any atom is 0.270 e. The van der Waals surface area contributed by atoms with E-state index in [0.717, 1.165) is 12.8 Å². The molecule has 130 valence electrons. The highest BCUT2D eigenvalue weighted by atomic mass is 16.3. The predicted octanol–water partition coefficient (Wildman–Crippen LogP) is 1.85. The maximum absolute atomic E-state index is 12.5. The topological polar surface area (TPSA) is 104 Å². The Labute approximate surface area is 145 Å². The van der Waals surface area contributed by atoms with Crippen molar-refractivity contribution in [3.05, 3.63) is 53.6 Å². The molecule has 25 heavy (non-hydrogen) atoms. The van der Waals surface area contributed by atoms with Crippen LogP contribution in [0.4, 0.5) is 5.69 Å². The molecule has 0 radical (unpaired) electrons. The zero-order valence-corrected chi connectivity index (χ0v) is 14.1. The first-order chi connectivity index (χ1) is 11.8. The van der Waals surface area contributed by atoms with Crippen LogP contribution in [-0.2, 0) is 5.60 Å². The van der Waals surface area contributed by atoms with Gasteiger partial charge in [-0.3, -0.25) is 19.6 Å². The number of amides is 2. The van der Waals surface area contributed by atoms with E-state index in [9.17, 15) is 14.7 Å². The summed E-state index contributed by atoms with van der Waals surface area (Å²) < 4.78 is 0. The van der Waals surface area contributed by atoms with Crippen LogP contribution in [0.2, 0.25) is 0 Å². The van der Waals surface area contributed by atoms with E-state index in [-0.39, 0.29) is 17.6 Å². The second-order valence-electron chi connectivity index (χ2n) is 6.61. The predicted molar refractivity (Wildman–Crippen MR) is 92.2 cm³/mol. The largest absolute Gasteiger partial charge is 0.386 e. The molecule has 2 amide bonds. The highest BCUT2D eigenvalue weighted by molar-refractivity contribution is 6.06. The van der Waals surface area contributed by atoms with Crippen LogP contribution in [0.25, 0.3) is 0 Å². The molecule has 1 aliphatic rings. The lowest BCUT2D eigenvalue weighted by atomic mass is 9.98. The quantitative estimate of drug-likeness (QED) is 0.770. The fourth-order valence-electron chi connectivity index (χ4n) is 2.41. The second-order valence-corrected chi connectivity index (χ2v) is 6.61. The summed E-state index contributed by atoms with van der Waals surface area (Å²) in [4.78, 5) is 32.6. The van der Waals surface area contributed by atoms with Crippen LogP contribution in [0.15, 0.2) is 36.8 Å². The minimum absolute atomic E-state index is 0.202. The summed E-state index contributed by atoms with van der Waals surface area (Å²) in [5.74, 6) is -0.683. The average molecular weight is 340 g/mol. The molecular weight excluding hydrogens is 320 g/mol. The van der Waals surface area contributed by atoms with Crippen LogP contribution in [0.3, 0.4) is 0 Å². The summed E-state index contributed by atoms with van der Waals surface area (Å²) in [6.07, 6.45) is 6.42. The van der Waals surface area contributed by atoms with Gasteiger partial charge < -0.3 is 15.7 Å². The molecule has 0 unspecified atom stereocenters. The van der Waals surface area contributed by atoms with Gasteiger partial charge in [0.25, 0.3) is 11.8 Å². The van der Waals surface area contributed by atoms with E-state index in [1.54, 1.807) is 26.1 Å². The number of pyridine rings is 2. The van der Waals surface area contributed by atoms with E-state index in [4.69, 9.17) is 0 Å². The second kappa shape index (κ2) is 6.60. The molecule has 2 aromatic rings.